The molecule has 0 saturated carbocycles. The van der Waals surface area contributed by atoms with Gasteiger partial charge in [-0.2, -0.15) is 0 Å². The van der Waals surface area contributed by atoms with Crippen LogP contribution in [0.25, 0.3) is 0 Å². The van der Waals surface area contributed by atoms with Crippen molar-refractivity contribution in [2.24, 2.45) is 5.92 Å². The third kappa shape index (κ3) is 43.4. The summed E-state index contributed by atoms with van der Waals surface area (Å²) in [5.41, 5.74) is 0. The predicted octanol–water partition coefficient (Wildman–Crippen LogP) is 15.5. The number of carbonyl (C=O) groups is 3. The van der Waals surface area contributed by atoms with Crippen LogP contribution in [0.2, 0.25) is 0 Å². The van der Waals surface area contributed by atoms with Crippen molar-refractivity contribution in [2.75, 3.05) is 13.2 Å². The van der Waals surface area contributed by atoms with Gasteiger partial charge < -0.3 is 14.2 Å². The predicted molar refractivity (Wildman–Crippen MR) is 233 cm³/mol. The van der Waals surface area contributed by atoms with Crippen molar-refractivity contribution in [1.29, 1.82) is 0 Å². The number of rotatable bonds is 44. The van der Waals surface area contributed by atoms with E-state index < -0.39 is 6.10 Å². The van der Waals surface area contributed by atoms with E-state index in [9.17, 15) is 14.4 Å². The van der Waals surface area contributed by atoms with Crippen LogP contribution in [0.4, 0.5) is 0 Å². The van der Waals surface area contributed by atoms with E-state index in [0.29, 0.717) is 19.3 Å². The molecule has 0 saturated heterocycles. The highest BCUT2D eigenvalue weighted by Crippen LogP contribution is 2.17. The molecule has 0 fully saturated rings. The highest BCUT2D eigenvalue weighted by atomic mass is 16.6. The average Bonchev–Trinajstić information content (AvgIpc) is 3.17. The van der Waals surface area contributed by atoms with Crippen LogP contribution < -0.4 is 0 Å². The molecule has 0 aromatic rings. The maximum atomic E-state index is 12.6. The first-order valence-electron chi connectivity index (χ1n) is 24.4. The monoisotopic (exact) mass is 779 g/mol. The van der Waals surface area contributed by atoms with Gasteiger partial charge in [-0.05, 0) is 25.2 Å². The molecule has 0 radical (unpaired) electrons. The summed E-state index contributed by atoms with van der Waals surface area (Å²) < 4.78 is 16.7. The van der Waals surface area contributed by atoms with Crippen LogP contribution in [-0.4, -0.2) is 37.2 Å². The normalized spacial score (nSPS) is 11.9. The molecule has 0 unspecified atom stereocenters. The van der Waals surface area contributed by atoms with Gasteiger partial charge in [-0.1, -0.05) is 233 Å². The Balaban J connectivity index is 4.19. The summed E-state index contributed by atoms with van der Waals surface area (Å²) in [7, 11) is 0. The van der Waals surface area contributed by atoms with Gasteiger partial charge in [-0.3, -0.25) is 14.4 Å². The molecular formula is C49H94O6. The van der Waals surface area contributed by atoms with E-state index in [1.54, 1.807) is 0 Å². The van der Waals surface area contributed by atoms with E-state index in [-0.39, 0.29) is 31.1 Å². The smallest absolute Gasteiger partial charge is 0.306 e. The zero-order valence-corrected chi connectivity index (χ0v) is 37.4. The van der Waals surface area contributed by atoms with Crippen LogP contribution in [0.1, 0.15) is 272 Å². The number of carbonyl (C=O) groups excluding carboxylic acids is 3. The lowest BCUT2D eigenvalue weighted by atomic mass is 10.0. The number of hydrogen-bond donors (Lipinski definition) is 0. The molecule has 0 rings (SSSR count). The number of esters is 3. The van der Waals surface area contributed by atoms with E-state index >= 15 is 0 Å². The molecular weight excluding hydrogens is 685 g/mol. The molecule has 0 aromatic carbocycles. The van der Waals surface area contributed by atoms with Crippen molar-refractivity contribution in [3.63, 3.8) is 0 Å². The largest absolute Gasteiger partial charge is 0.462 e. The molecule has 0 aliphatic carbocycles. The van der Waals surface area contributed by atoms with Crippen molar-refractivity contribution < 1.29 is 28.6 Å². The zero-order chi connectivity index (χ0) is 40.3. The third-order valence-electron chi connectivity index (χ3n) is 11.0. The minimum absolute atomic E-state index is 0.0637. The topological polar surface area (TPSA) is 78.9 Å². The van der Waals surface area contributed by atoms with Crippen molar-refractivity contribution >= 4 is 17.9 Å². The average molecular weight is 779 g/mol. The van der Waals surface area contributed by atoms with Gasteiger partial charge in [0, 0.05) is 19.3 Å². The Morgan fingerprint density at radius 2 is 0.600 bits per heavy atom. The first-order valence-corrected chi connectivity index (χ1v) is 24.4. The van der Waals surface area contributed by atoms with Gasteiger partial charge >= 0.3 is 17.9 Å². The van der Waals surface area contributed by atoms with E-state index in [1.165, 1.54) is 167 Å². The second kappa shape index (κ2) is 43.5. The molecule has 0 N–H and O–H groups in total. The standard InChI is InChI=1S/C49H94O6/c1-5-7-9-11-13-14-15-16-17-18-22-25-29-32-36-40-47(50)53-43-46(55-49(52)42-38-34-27-12-10-8-6-2)44-54-48(51)41-37-33-30-26-23-20-19-21-24-28-31-35-39-45(3)4/h45-46H,5-44H2,1-4H3/t46-/m1/s1. The van der Waals surface area contributed by atoms with E-state index in [2.05, 4.69) is 27.7 Å². The lowest BCUT2D eigenvalue weighted by Gasteiger charge is -2.18. The molecule has 6 heteroatoms. The van der Waals surface area contributed by atoms with E-state index in [0.717, 1.165) is 63.7 Å². The Hall–Kier alpha value is -1.59. The van der Waals surface area contributed by atoms with Crippen molar-refractivity contribution in [3.05, 3.63) is 0 Å². The Morgan fingerprint density at radius 1 is 0.345 bits per heavy atom. The van der Waals surface area contributed by atoms with Gasteiger partial charge in [0.15, 0.2) is 6.10 Å². The van der Waals surface area contributed by atoms with Gasteiger partial charge in [0.1, 0.15) is 13.2 Å². The van der Waals surface area contributed by atoms with Crippen LogP contribution in [0.5, 0.6) is 0 Å². The number of unbranched alkanes of at least 4 members (excludes halogenated alkanes) is 31. The number of ether oxygens (including phenoxy) is 3. The lowest BCUT2D eigenvalue weighted by molar-refractivity contribution is -0.167. The van der Waals surface area contributed by atoms with Crippen LogP contribution in [0, 0.1) is 5.92 Å². The Bertz CT molecular complexity index is 826. The molecule has 0 heterocycles. The molecule has 55 heavy (non-hydrogen) atoms. The van der Waals surface area contributed by atoms with Crippen LogP contribution in [-0.2, 0) is 28.6 Å². The fourth-order valence-electron chi connectivity index (χ4n) is 7.33. The fraction of sp³-hybridized carbons (Fsp3) is 0.939. The molecule has 6 nitrogen and oxygen atoms in total. The molecule has 0 aliphatic rings. The quantitative estimate of drug-likeness (QED) is 0.0348. The first-order chi connectivity index (χ1) is 26.9. The van der Waals surface area contributed by atoms with Crippen molar-refractivity contribution in [1.82, 2.24) is 0 Å². The molecule has 0 aromatic heterocycles. The molecule has 0 spiro atoms. The van der Waals surface area contributed by atoms with Crippen molar-refractivity contribution in [3.8, 4) is 0 Å². The van der Waals surface area contributed by atoms with Crippen LogP contribution in [0.15, 0.2) is 0 Å². The highest BCUT2D eigenvalue weighted by molar-refractivity contribution is 5.71. The summed E-state index contributed by atoms with van der Waals surface area (Å²) in [6.45, 7) is 8.98. The second-order valence-electron chi connectivity index (χ2n) is 17.2. The summed E-state index contributed by atoms with van der Waals surface area (Å²) in [6, 6.07) is 0. The molecule has 0 amide bonds. The minimum atomic E-state index is -0.758. The number of hydrogen-bond acceptors (Lipinski definition) is 6. The first kappa shape index (κ1) is 53.4. The minimum Gasteiger partial charge on any atom is -0.462 e. The molecule has 0 aliphatic heterocycles. The van der Waals surface area contributed by atoms with Crippen molar-refractivity contribution in [2.45, 2.75) is 278 Å². The zero-order valence-electron chi connectivity index (χ0n) is 37.4. The van der Waals surface area contributed by atoms with E-state index in [1.807, 2.05) is 0 Å². The molecule has 1 atom stereocenters. The summed E-state index contributed by atoms with van der Waals surface area (Å²) in [4.78, 5) is 37.7. The van der Waals surface area contributed by atoms with Gasteiger partial charge in [0.2, 0.25) is 0 Å². The van der Waals surface area contributed by atoms with Gasteiger partial charge in [-0.25, -0.2) is 0 Å². The Kier molecular flexibility index (Phi) is 42.3. The van der Waals surface area contributed by atoms with Gasteiger partial charge in [-0.15, -0.1) is 0 Å². The summed E-state index contributed by atoms with van der Waals surface area (Å²) in [5, 5.41) is 0. The molecule has 0 bridgehead atoms. The maximum Gasteiger partial charge on any atom is 0.306 e. The van der Waals surface area contributed by atoms with E-state index in [4.69, 9.17) is 14.2 Å². The highest BCUT2D eigenvalue weighted by Gasteiger charge is 2.19. The molecule has 326 valence electrons. The SMILES string of the molecule is CCCCCCCCCCCCCCCCCC(=O)OC[C@H](COC(=O)CCCCCCCCCCCCCCC(C)C)OC(=O)CCCCCCCCC. The fourth-order valence-corrected chi connectivity index (χ4v) is 7.33. The van der Waals surface area contributed by atoms with Gasteiger partial charge in [0.05, 0.1) is 0 Å². The van der Waals surface area contributed by atoms with Gasteiger partial charge in [0.25, 0.3) is 0 Å². The Morgan fingerprint density at radius 3 is 0.891 bits per heavy atom. The lowest BCUT2D eigenvalue weighted by Crippen LogP contribution is -2.30. The summed E-state index contributed by atoms with van der Waals surface area (Å²) in [6.07, 6.45) is 43.8. The Labute approximate surface area is 342 Å². The van der Waals surface area contributed by atoms with Crippen LogP contribution in [0.3, 0.4) is 0 Å². The second-order valence-corrected chi connectivity index (χ2v) is 17.2. The third-order valence-corrected chi connectivity index (χ3v) is 11.0. The maximum absolute atomic E-state index is 12.6. The summed E-state index contributed by atoms with van der Waals surface area (Å²) >= 11 is 0. The van der Waals surface area contributed by atoms with Crippen LogP contribution >= 0.6 is 0 Å². The summed E-state index contributed by atoms with van der Waals surface area (Å²) in [5.74, 6) is -0.0216.